The lowest BCUT2D eigenvalue weighted by atomic mass is 10.2. The van der Waals surface area contributed by atoms with Crippen LogP contribution in [0.3, 0.4) is 0 Å². The third kappa shape index (κ3) is 4.24. The molecule has 0 bridgehead atoms. The second kappa shape index (κ2) is 4.93. The molecule has 0 aromatic carbocycles. The summed E-state index contributed by atoms with van der Waals surface area (Å²) in [6, 6.07) is 0. The van der Waals surface area contributed by atoms with E-state index >= 15 is 0 Å². The van der Waals surface area contributed by atoms with Crippen LogP contribution in [0.2, 0.25) is 18.1 Å². The van der Waals surface area contributed by atoms with E-state index in [1.807, 2.05) is 6.92 Å². The zero-order chi connectivity index (χ0) is 11.4. The maximum atomic E-state index is 8.35. The smallest absolute Gasteiger partial charge is 0.192 e. The molecule has 0 unspecified atom stereocenters. The average molecular weight is 217 g/mol. The molecule has 4 heteroatoms. The van der Waals surface area contributed by atoms with Crippen LogP contribution in [0.15, 0.2) is 5.16 Å². The Hall–Kier alpha value is -0.353. The van der Waals surface area contributed by atoms with Gasteiger partial charge in [0.15, 0.2) is 8.32 Å². The SMILES string of the molecule is C[C@@H](C=NO)CO[Si](C)(C)C(C)(C)C. The first kappa shape index (κ1) is 13.6. The Morgan fingerprint density at radius 2 is 1.93 bits per heavy atom. The Labute approximate surface area is 88.3 Å². The highest BCUT2D eigenvalue weighted by atomic mass is 28.4. The van der Waals surface area contributed by atoms with Crippen molar-refractivity contribution >= 4 is 14.5 Å². The van der Waals surface area contributed by atoms with Gasteiger partial charge in [-0.15, -0.1) is 5.16 Å². The molecule has 0 fully saturated rings. The van der Waals surface area contributed by atoms with Crippen molar-refractivity contribution < 1.29 is 9.63 Å². The first-order valence-electron chi connectivity index (χ1n) is 5.02. The minimum absolute atomic E-state index is 0.175. The maximum absolute atomic E-state index is 8.35. The third-order valence-electron chi connectivity index (χ3n) is 2.83. The molecule has 3 nitrogen and oxygen atoms in total. The molecule has 0 heterocycles. The van der Waals surface area contributed by atoms with Crippen molar-refractivity contribution in [1.82, 2.24) is 0 Å². The lowest BCUT2D eigenvalue weighted by Crippen LogP contribution is -2.41. The van der Waals surface area contributed by atoms with Crippen LogP contribution in [0.1, 0.15) is 27.7 Å². The molecule has 0 saturated heterocycles. The molecule has 0 rings (SSSR count). The van der Waals surface area contributed by atoms with E-state index in [0.29, 0.717) is 6.61 Å². The van der Waals surface area contributed by atoms with Gasteiger partial charge in [-0.1, -0.05) is 27.7 Å². The Kier molecular flexibility index (Phi) is 4.81. The standard InChI is InChI=1S/C10H23NO2Si/c1-9(7-11-12)8-13-14(5,6)10(2,3)4/h7,9,12H,8H2,1-6H3/t9-/m0/s1. The van der Waals surface area contributed by atoms with Gasteiger partial charge in [0, 0.05) is 18.7 Å². The van der Waals surface area contributed by atoms with E-state index in [2.05, 4.69) is 39.0 Å². The van der Waals surface area contributed by atoms with Gasteiger partial charge in [0.05, 0.1) is 0 Å². The molecular formula is C10H23NO2Si. The highest BCUT2D eigenvalue weighted by molar-refractivity contribution is 6.74. The molecule has 0 aliphatic heterocycles. The van der Waals surface area contributed by atoms with Crippen LogP contribution in [0.4, 0.5) is 0 Å². The zero-order valence-electron chi connectivity index (χ0n) is 10.2. The summed E-state index contributed by atoms with van der Waals surface area (Å²) in [5.74, 6) is 0.175. The Morgan fingerprint density at radius 1 is 1.43 bits per heavy atom. The van der Waals surface area contributed by atoms with Crippen molar-refractivity contribution in [2.45, 2.75) is 45.8 Å². The van der Waals surface area contributed by atoms with E-state index in [9.17, 15) is 0 Å². The lowest BCUT2D eigenvalue weighted by molar-refractivity contribution is 0.262. The molecule has 0 aromatic heterocycles. The first-order chi connectivity index (χ1) is 6.20. The summed E-state index contributed by atoms with van der Waals surface area (Å²) in [7, 11) is -1.64. The van der Waals surface area contributed by atoms with Gasteiger partial charge in [0.2, 0.25) is 0 Å². The van der Waals surface area contributed by atoms with Gasteiger partial charge in [-0.05, 0) is 18.1 Å². The molecule has 1 atom stereocenters. The fourth-order valence-electron chi connectivity index (χ4n) is 0.713. The van der Waals surface area contributed by atoms with Crippen LogP contribution < -0.4 is 0 Å². The highest BCUT2D eigenvalue weighted by Gasteiger charge is 2.37. The summed E-state index contributed by atoms with van der Waals surface area (Å²) >= 11 is 0. The predicted molar refractivity (Wildman–Crippen MR) is 62.6 cm³/mol. The van der Waals surface area contributed by atoms with Gasteiger partial charge >= 0.3 is 0 Å². The number of nitrogens with zero attached hydrogens (tertiary/aromatic N) is 1. The van der Waals surface area contributed by atoms with Crippen LogP contribution in [-0.2, 0) is 4.43 Å². The minimum atomic E-state index is -1.64. The summed E-state index contributed by atoms with van der Waals surface area (Å²) in [4.78, 5) is 0. The number of rotatable bonds is 4. The molecule has 0 aromatic rings. The van der Waals surface area contributed by atoms with Crippen molar-refractivity contribution in [3.05, 3.63) is 0 Å². The lowest BCUT2D eigenvalue weighted by Gasteiger charge is -2.36. The van der Waals surface area contributed by atoms with Gasteiger partial charge in [-0.3, -0.25) is 0 Å². The normalized spacial score (nSPS) is 16.1. The highest BCUT2D eigenvalue weighted by Crippen LogP contribution is 2.36. The summed E-state index contributed by atoms with van der Waals surface area (Å²) in [6.07, 6.45) is 1.51. The quantitative estimate of drug-likeness (QED) is 0.340. The molecule has 0 amide bonds. The van der Waals surface area contributed by atoms with Crippen molar-refractivity contribution in [2.24, 2.45) is 11.1 Å². The first-order valence-corrected chi connectivity index (χ1v) is 7.93. The summed E-state index contributed by atoms with van der Waals surface area (Å²) in [6.45, 7) is 13.7. The van der Waals surface area contributed by atoms with Crippen LogP contribution in [0, 0.1) is 5.92 Å². The van der Waals surface area contributed by atoms with Crippen LogP contribution >= 0.6 is 0 Å². The maximum Gasteiger partial charge on any atom is 0.192 e. The molecule has 1 N–H and O–H groups in total. The third-order valence-corrected chi connectivity index (χ3v) is 7.34. The van der Waals surface area contributed by atoms with Crippen molar-refractivity contribution in [2.75, 3.05) is 6.61 Å². The van der Waals surface area contributed by atoms with Gasteiger partial charge in [-0.2, -0.15) is 0 Å². The average Bonchev–Trinajstić information content (AvgIpc) is 1.99. The largest absolute Gasteiger partial charge is 0.416 e. The molecule has 0 saturated carbocycles. The Bertz CT molecular complexity index is 197. The van der Waals surface area contributed by atoms with E-state index in [1.54, 1.807) is 0 Å². The van der Waals surface area contributed by atoms with E-state index < -0.39 is 8.32 Å². The summed E-state index contributed by atoms with van der Waals surface area (Å²) < 4.78 is 5.94. The predicted octanol–water partition coefficient (Wildman–Crippen LogP) is 3.10. The van der Waals surface area contributed by atoms with E-state index in [0.717, 1.165) is 0 Å². The molecule has 0 spiro atoms. The molecule has 84 valence electrons. The van der Waals surface area contributed by atoms with Crippen LogP contribution in [-0.4, -0.2) is 26.3 Å². The van der Waals surface area contributed by atoms with Crippen molar-refractivity contribution in [3.8, 4) is 0 Å². The van der Waals surface area contributed by atoms with Gasteiger partial charge < -0.3 is 9.63 Å². The second-order valence-corrected chi connectivity index (χ2v) is 10.1. The summed E-state index contributed by atoms with van der Waals surface area (Å²) in [5.41, 5.74) is 0. The monoisotopic (exact) mass is 217 g/mol. The second-order valence-electron chi connectivity index (χ2n) is 5.31. The van der Waals surface area contributed by atoms with Crippen LogP contribution in [0.25, 0.3) is 0 Å². The molecular weight excluding hydrogens is 194 g/mol. The van der Waals surface area contributed by atoms with Crippen molar-refractivity contribution in [1.29, 1.82) is 0 Å². The number of oxime groups is 1. The van der Waals surface area contributed by atoms with E-state index in [1.165, 1.54) is 6.21 Å². The summed E-state index contributed by atoms with van der Waals surface area (Å²) in [5, 5.41) is 11.6. The number of hydrogen-bond acceptors (Lipinski definition) is 3. The number of hydrogen-bond donors (Lipinski definition) is 1. The molecule has 0 aliphatic carbocycles. The Balaban J connectivity index is 4.12. The fraction of sp³-hybridized carbons (Fsp3) is 0.900. The fourth-order valence-corrected chi connectivity index (χ4v) is 1.83. The molecule has 0 aliphatic rings. The van der Waals surface area contributed by atoms with Gasteiger partial charge in [-0.25, -0.2) is 0 Å². The van der Waals surface area contributed by atoms with Crippen LogP contribution in [0.5, 0.6) is 0 Å². The van der Waals surface area contributed by atoms with Gasteiger partial charge in [0.25, 0.3) is 0 Å². The minimum Gasteiger partial charge on any atom is -0.416 e. The topological polar surface area (TPSA) is 41.8 Å². The molecule has 0 radical (unpaired) electrons. The van der Waals surface area contributed by atoms with E-state index in [-0.39, 0.29) is 11.0 Å². The van der Waals surface area contributed by atoms with Gasteiger partial charge in [0.1, 0.15) is 0 Å². The van der Waals surface area contributed by atoms with Crippen molar-refractivity contribution in [3.63, 3.8) is 0 Å². The van der Waals surface area contributed by atoms with E-state index in [4.69, 9.17) is 9.63 Å². The zero-order valence-corrected chi connectivity index (χ0v) is 11.2. The molecule has 14 heavy (non-hydrogen) atoms. The Morgan fingerprint density at radius 3 is 2.29 bits per heavy atom.